The molecule has 4 rings (SSSR count). The fraction of sp³-hybridized carbons (Fsp3) is 0.0476. The van der Waals surface area contributed by atoms with Crippen molar-refractivity contribution < 1.29 is 13.2 Å². The minimum atomic E-state index is -3.97. The molecule has 1 N–H and O–H groups in total. The second-order valence-corrected chi connectivity index (χ2v) is 8.93. The van der Waals surface area contributed by atoms with Gasteiger partial charge in [-0.3, -0.25) is 10.1 Å². The highest BCUT2D eigenvalue weighted by Gasteiger charge is 2.27. The molecule has 1 amide bonds. The standard InChI is InChI=1S/C21H16N2O3S2/c1-14-9-11-15(12-10-14)13-18-20(24)22-21(27-18)23-28(25,26)19-8-4-6-16-5-2-3-7-17(16)19/h2-13H,1H3,(H,22,23,24)/b18-13-. The Hall–Kier alpha value is -2.90. The van der Waals surface area contributed by atoms with Gasteiger partial charge in [0.15, 0.2) is 5.17 Å². The molecule has 0 unspecified atom stereocenters. The Labute approximate surface area is 167 Å². The van der Waals surface area contributed by atoms with E-state index in [0.29, 0.717) is 10.3 Å². The van der Waals surface area contributed by atoms with Crippen LogP contribution in [0, 0.1) is 6.92 Å². The maximum Gasteiger partial charge on any atom is 0.285 e. The fourth-order valence-electron chi connectivity index (χ4n) is 2.86. The average molecular weight is 409 g/mol. The largest absolute Gasteiger partial charge is 0.300 e. The van der Waals surface area contributed by atoms with E-state index in [1.807, 2.05) is 49.4 Å². The highest BCUT2D eigenvalue weighted by Crippen LogP contribution is 2.29. The summed E-state index contributed by atoms with van der Waals surface area (Å²) in [5, 5.41) is 4.00. The Bertz CT molecular complexity index is 1240. The molecule has 1 saturated heterocycles. The molecule has 1 aliphatic heterocycles. The number of sulfonamides is 1. The molecule has 0 aliphatic carbocycles. The van der Waals surface area contributed by atoms with Gasteiger partial charge in [-0.05, 0) is 41.8 Å². The van der Waals surface area contributed by atoms with Crippen molar-refractivity contribution in [2.24, 2.45) is 4.40 Å². The number of nitrogens with one attached hydrogen (secondary N) is 1. The lowest BCUT2D eigenvalue weighted by Gasteiger charge is -2.04. The van der Waals surface area contributed by atoms with Crippen LogP contribution in [-0.2, 0) is 14.8 Å². The molecular formula is C21H16N2O3S2. The van der Waals surface area contributed by atoms with Crippen LogP contribution in [0.4, 0.5) is 0 Å². The van der Waals surface area contributed by atoms with Crippen LogP contribution in [0.25, 0.3) is 16.8 Å². The number of hydrogen-bond acceptors (Lipinski definition) is 4. The maximum absolute atomic E-state index is 12.8. The van der Waals surface area contributed by atoms with Crippen LogP contribution in [-0.4, -0.2) is 19.5 Å². The summed E-state index contributed by atoms with van der Waals surface area (Å²) in [6.45, 7) is 1.98. The second-order valence-electron chi connectivity index (χ2n) is 6.32. The monoisotopic (exact) mass is 408 g/mol. The summed E-state index contributed by atoms with van der Waals surface area (Å²) in [5.74, 6) is -0.363. The smallest absolute Gasteiger partial charge is 0.285 e. The number of rotatable bonds is 3. The molecule has 0 saturated carbocycles. The van der Waals surface area contributed by atoms with E-state index < -0.39 is 10.0 Å². The molecule has 1 heterocycles. The van der Waals surface area contributed by atoms with Gasteiger partial charge >= 0.3 is 0 Å². The van der Waals surface area contributed by atoms with E-state index in [1.165, 1.54) is 6.07 Å². The molecule has 0 atom stereocenters. The zero-order valence-electron chi connectivity index (χ0n) is 14.9. The third kappa shape index (κ3) is 3.72. The van der Waals surface area contributed by atoms with Crippen molar-refractivity contribution in [3.63, 3.8) is 0 Å². The van der Waals surface area contributed by atoms with Crippen molar-refractivity contribution in [3.05, 3.63) is 82.8 Å². The van der Waals surface area contributed by atoms with Gasteiger partial charge in [0.05, 0.1) is 9.80 Å². The quantitative estimate of drug-likeness (QED) is 0.662. The van der Waals surface area contributed by atoms with E-state index in [4.69, 9.17) is 0 Å². The molecule has 1 fully saturated rings. The van der Waals surface area contributed by atoms with E-state index in [-0.39, 0.29) is 16.0 Å². The van der Waals surface area contributed by atoms with E-state index in [2.05, 4.69) is 9.71 Å². The van der Waals surface area contributed by atoms with Crippen LogP contribution in [0.5, 0.6) is 0 Å². The summed E-state index contributed by atoms with van der Waals surface area (Å²) in [7, 11) is -3.97. The highest BCUT2D eigenvalue weighted by molar-refractivity contribution is 8.19. The molecule has 5 nitrogen and oxygen atoms in total. The Morgan fingerprint density at radius 1 is 0.964 bits per heavy atom. The van der Waals surface area contributed by atoms with E-state index >= 15 is 0 Å². The van der Waals surface area contributed by atoms with Crippen LogP contribution in [0.3, 0.4) is 0 Å². The van der Waals surface area contributed by atoms with Gasteiger partial charge in [0.1, 0.15) is 0 Å². The first kappa shape index (κ1) is 18.5. The third-order valence-corrected chi connectivity index (χ3v) is 6.62. The van der Waals surface area contributed by atoms with Crippen LogP contribution in [0.15, 0.2) is 80.9 Å². The van der Waals surface area contributed by atoms with Gasteiger partial charge in [0.25, 0.3) is 15.9 Å². The first-order valence-corrected chi connectivity index (χ1v) is 10.8. The molecule has 0 bridgehead atoms. The molecule has 3 aromatic carbocycles. The molecule has 28 heavy (non-hydrogen) atoms. The minimum Gasteiger partial charge on any atom is -0.300 e. The summed E-state index contributed by atoms with van der Waals surface area (Å²) >= 11 is 1.02. The van der Waals surface area contributed by atoms with E-state index in [0.717, 1.165) is 28.3 Å². The van der Waals surface area contributed by atoms with Crippen molar-refractivity contribution in [1.82, 2.24) is 5.32 Å². The zero-order chi connectivity index (χ0) is 19.7. The van der Waals surface area contributed by atoms with Gasteiger partial charge in [0.2, 0.25) is 0 Å². The summed E-state index contributed by atoms with van der Waals surface area (Å²) in [4.78, 5) is 12.7. The van der Waals surface area contributed by atoms with Gasteiger partial charge < -0.3 is 0 Å². The Balaban J connectivity index is 1.67. The topological polar surface area (TPSA) is 75.6 Å². The van der Waals surface area contributed by atoms with Gasteiger partial charge in [-0.25, -0.2) is 0 Å². The van der Waals surface area contributed by atoms with Gasteiger partial charge in [0, 0.05) is 5.39 Å². The number of carbonyl (C=O) groups excluding carboxylic acids is 1. The Morgan fingerprint density at radius 2 is 1.68 bits per heavy atom. The van der Waals surface area contributed by atoms with Crippen molar-refractivity contribution in [3.8, 4) is 0 Å². The number of amidine groups is 1. The molecular weight excluding hydrogens is 392 g/mol. The lowest BCUT2D eigenvalue weighted by atomic mass is 10.1. The molecule has 7 heteroatoms. The molecule has 3 aromatic rings. The predicted octanol–water partition coefficient (Wildman–Crippen LogP) is 4.10. The molecule has 0 aromatic heterocycles. The number of amides is 1. The third-order valence-electron chi connectivity index (χ3n) is 4.26. The summed E-state index contributed by atoms with van der Waals surface area (Å²) in [6, 6.07) is 20.0. The lowest BCUT2D eigenvalue weighted by Crippen LogP contribution is -2.20. The second kappa shape index (κ2) is 7.26. The van der Waals surface area contributed by atoms with Crippen LogP contribution < -0.4 is 5.32 Å². The van der Waals surface area contributed by atoms with Crippen molar-refractivity contribution in [2.45, 2.75) is 11.8 Å². The number of aryl methyl sites for hydroxylation is 1. The normalized spacial score (nSPS) is 17.4. The van der Waals surface area contributed by atoms with Crippen molar-refractivity contribution in [2.75, 3.05) is 0 Å². The van der Waals surface area contributed by atoms with Crippen molar-refractivity contribution >= 4 is 49.7 Å². The van der Waals surface area contributed by atoms with Gasteiger partial charge in [-0.1, -0.05) is 66.2 Å². The number of hydrogen-bond donors (Lipinski definition) is 1. The number of nitrogens with zero attached hydrogens (tertiary/aromatic N) is 1. The maximum atomic E-state index is 12.8. The van der Waals surface area contributed by atoms with Crippen LogP contribution >= 0.6 is 11.8 Å². The SMILES string of the molecule is Cc1ccc(/C=C2\SC(=NS(=O)(=O)c3cccc4ccccc34)NC2=O)cc1. The number of carbonyl (C=O) groups is 1. The van der Waals surface area contributed by atoms with E-state index in [1.54, 1.807) is 24.3 Å². The van der Waals surface area contributed by atoms with Crippen molar-refractivity contribution in [1.29, 1.82) is 0 Å². The van der Waals surface area contributed by atoms with Crippen LogP contribution in [0.2, 0.25) is 0 Å². The predicted molar refractivity (Wildman–Crippen MR) is 113 cm³/mol. The van der Waals surface area contributed by atoms with Gasteiger partial charge in [-0.15, -0.1) is 4.40 Å². The summed E-state index contributed by atoms with van der Waals surface area (Å²) in [6.07, 6.45) is 1.71. The van der Waals surface area contributed by atoms with Crippen LogP contribution in [0.1, 0.15) is 11.1 Å². The molecule has 140 valence electrons. The lowest BCUT2D eigenvalue weighted by molar-refractivity contribution is -0.115. The fourth-order valence-corrected chi connectivity index (χ4v) is 5.08. The summed E-state index contributed by atoms with van der Waals surface area (Å²) < 4.78 is 29.5. The first-order valence-electron chi connectivity index (χ1n) is 8.53. The number of thioether (sulfide) groups is 1. The number of fused-ring (bicyclic) bond motifs is 1. The zero-order valence-corrected chi connectivity index (χ0v) is 16.5. The van der Waals surface area contributed by atoms with E-state index in [9.17, 15) is 13.2 Å². The highest BCUT2D eigenvalue weighted by atomic mass is 32.2. The minimum absolute atomic E-state index is 0.0521. The average Bonchev–Trinajstić information content (AvgIpc) is 3.01. The Kier molecular flexibility index (Phi) is 4.78. The van der Waals surface area contributed by atoms with Gasteiger partial charge in [-0.2, -0.15) is 8.42 Å². The first-order chi connectivity index (χ1) is 13.4. The summed E-state index contributed by atoms with van der Waals surface area (Å²) in [5.41, 5.74) is 1.98. The number of benzene rings is 3. The molecule has 0 radical (unpaired) electrons. The molecule has 0 spiro atoms. The Morgan fingerprint density at radius 3 is 2.46 bits per heavy atom. The molecule has 1 aliphatic rings.